The van der Waals surface area contributed by atoms with Crippen LogP contribution in [0.4, 0.5) is 10.1 Å². The van der Waals surface area contributed by atoms with Gasteiger partial charge in [0.1, 0.15) is 5.82 Å². The second-order valence-electron chi connectivity index (χ2n) is 4.44. The topological polar surface area (TPSA) is 72.2 Å². The maximum Gasteiger partial charge on any atom is 0.241 e. The quantitative estimate of drug-likeness (QED) is 0.851. The highest BCUT2D eigenvalue weighted by atomic mass is 32.2. The van der Waals surface area contributed by atoms with Gasteiger partial charge in [0.25, 0.3) is 0 Å². The van der Waals surface area contributed by atoms with Crippen LogP contribution in [-0.4, -0.2) is 8.42 Å². The van der Waals surface area contributed by atoms with Gasteiger partial charge in [-0.3, -0.25) is 0 Å². The molecule has 0 aliphatic carbocycles. The Bertz CT molecular complexity index is 702. The molecule has 4 nitrogen and oxygen atoms in total. The summed E-state index contributed by atoms with van der Waals surface area (Å²) < 4.78 is 40.2. The van der Waals surface area contributed by atoms with Crippen LogP contribution in [0, 0.1) is 5.82 Å². The van der Waals surface area contributed by atoms with E-state index in [9.17, 15) is 12.8 Å². The molecule has 0 amide bonds. The van der Waals surface area contributed by atoms with Gasteiger partial charge in [-0.15, -0.1) is 0 Å². The molecule has 0 fully saturated rings. The molecule has 2 aromatic rings. The highest BCUT2D eigenvalue weighted by Gasteiger charge is 2.19. The van der Waals surface area contributed by atoms with Gasteiger partial charge in [0, 0.05) is 6.04 Å². The van der Waals surface area contributed by atoms with Crippen LogP contribution in [-0.2, 0) is 10.0 Å². The lowest BCUT2D eigenvalue weighted by Gasteiger charge is -2.14. The van der Waals surface area contributed by atoms with Crippen molar-refractivity contribution < 1.29 is 12.8 Å². The molecule has 0 aliphatic heterocycles. The second kappa shape index (κ2) is 5.60. The minimum absolute atomic E-state index is 0.0833. The summed E-state index contributed by atoms with van der Waals surface area (Å²) in [5, 5.41) is 0. The molecule has 0 unspecified atom stereocenters. The summed E-state index contributed by atoms with van der Waals surface area (Å²) in [6.45, 7) is 1.72. The van der Waals surface area contributed by atoms with Crippen LogP contribution in [0.25, 0.3) is 0 Å². The molecule has 1 atom stereocenters. The van der Waals surface area contributed by atoms with E-state index < -0.39 is 21.9 Å². The average Bonchev–Trinajstić information content (AvgIpc) is 2.42. The summed E-state index contributed by atoms with van der Waals surface area (Å²) in [6, 6.07) is 12.1. The van der Waals surface area contributed by atoms with E-state index in [1.54, 1.807) is 6.92 Å². The largest absolute Gasteiger partial charge is 0.396 e. The third kappa shape index (κ3) is 3.15. The van der Waals surface area contributed by atoms with Crippen LogP contribution in [0.5, 0.6) is 0 Å². The number of halogens is 1. The van der Waals surface area contributed by atoms with E-state index in [0.29, 0.717) is 0 Å². The zero-order valence-corrected chi connectivity index (χ0v) is 11.7. The van der Waals surface area contributed by atoms with E-state index in [2.05, 4.69) is 4.72 Å². The summed E-state index contributed by atoms with van der Waals surface area (Å²) >= 11 is 0. The number of benzene rings is 2. The van der Waals surface area contributed by atoms with Crippen molar-refractivity contribution in [2.45, 2.75) is 17.9 Å². The Hall–Kier alpha value is -1.92. The van der Waals surface area contributed by atoms with Gasteiger partial charge in [0.05, 0.1) is 10.6 Å². The number of rotatable bonds is 4. The Kier molecular flexibility index (Phi) is 4.06. The zero-order chi connectivity index (χ0) is 14.8. The van der Waals surface area contributed by atoms with E-state index in [1.165, 1.54) is 12.1 Å². The molecule has 2 rings (SSSR count). The molecule has 3 N–H and O–H groups in total. The number of hydrogen-bond acceptors (Lipinski definition) is 3. The Morgan fingerprint density at radius 2 is 1.80 bits per heavy atom. The molecule has 0 aromatic heterocycles. The highest BCUT2D eigenvalue weighted by Crippen LogP contribution is 2.19. The van der Waals surface area contributed by atoms with Crippen LogP contribution in [0.3, 0.4) is 0 Å². The van der Waals surface area contributed by atoms with Crippen molar-refractivity contribution in [2.24, 2.45) is 0 Å². The number of nitrogens with two attached hydrogens (primary N) is 1. The molecule has 0 spiro atoms. The van der Waals surface area contributed by atoms with Crippen molar-refractivity contribution in [2.75, 3.05) is 5.73 Å². The van der Waals surface area contributed by atoms with Gasteiger partial charge in [-0.1, -0.05) is 30.3 Å². The Balaban J connectivity index is 2.25. The first-order valence-corrected chi connectivity index (χ1v) is 7.51. The number of nitrogen functional groups attached to an aromatic ring is 1. The van der Waals surface area contributed by atoms with E-state index >= 15 is 0 Å². The number of anilines is 1. The predicted octanol–water partition coefficient (Wildman–Crippen LogP) is 2.45. The first kappa shape index (κ1) is 14.5. The van der Waals surface area contributed by atoms with Gasteiger partial charge in [0.15, 0.2) is 0 Å². The third-order valence-corrected chi connectivity index (χ3v) is 4.45. The molecule has 2 aromatic carbocycles. The molecular formula is C14H15FN2O2S. The summed E-state index contributed by atoms with van der Waals surface area (Å²) in [5.74, 6) is -0.750. The Morgan fingerprint density at radius 1 is 1.15 bits per heavy atom. The number of nitrogens with one attached hydrogen (secondary N) is 1. The molecule has 0 aliphatic rings. The molecule has 106 valence electrons. The van der Waals surface area contributed by atoms with Crippen LogP contribution in [0.15, 0.2) is 53.4 Å². The van der Waals surface area contributed by atoms with Crippen molar-refractivity contribution in [3.05, 3.63) is 59.9 Å². The summed E-state index contributed by atoms with van der Waals surface area (Å²) in [4.78, 5) is -0.146. The maximum absolute atomic E-state index is 13.4. The van der Waals surface area contributed by atoms with Crippen molar-refractivity contribution in [3.63, 3.8) is 0 Å². The highest BCUT2D eigenvalue weighted by molar-refractivity contribution is 7.89. The first-order valence-electron chi connectivity index (χ1n) is 6.02. The molecule has 0 radical (unpaired) electrons. The van der Waals surface area contributed by atoms with Crippen molar-refractivity contribution in [1.29, 1.82) is 0 Å². The SMILES string of the molecule is C[C@@H](NS(=O)(=O)c1ccc(N)c(F)c1)c1ccccc1. The van der Waals surface area contributed by atoms with Crippen molar-refractivity contribution in [3.8, 4) is 0 Å². The fourth-order valence-corrected chi connectivity index (χ4v) is 3.03. The lowest BCUT2D eigenvalue weighted by Crippen LogP contribution is -2.27. The predicted molar refractivity (Wildman–Crippen MR) is 76.0 cm³/mol. The summed E-state index contributed by atoms with van der Waals surface area (Å²) in [7, 11) is -3.79. The van der Waals surface area contributed by atoms with Crippen LogP contribution < -0.4 is 10.5 Å². The summed E-state index contributed by atoms with van der Waals surface area (Å²) in [6.07, 6.45) is 0. The van der Waals surface area contributed by atoms with Crippen LogP contribution in [0.2, 0.25) is 0 Å². The molecule has 6 heteroatoms. The van der Waals surface area contributed by atoms with E-state index in [4.69, 9.17) is 5.73 Å². The Labute approximate surface area is 117 Å². The maximum atomic E-state index is 13.4. The van der Waals surface area contributed by atoms with Gasteiger partial charge >= 0.3 is 0 Å². The average molecular weight is 294 g/mol. The molecule has 20 heavy (non-hydrogen) atoms. The molecule has 0 bridgehead atoms. The van der Waals surface area contributed by atoms with Crippen LogP contribution in [0.1, 0.15) is 18.5 Å². The third-order valence-electron chi connectivity index (χ3n) is 2.91. The van der Waals surface area contributed by atoms with Gasteiger partial charge in [-0.05, 0) is 30.7 Å². The number of sulfonamides is 1. The fourth-order valence-electron chi connectivity index (χ4n) is 1.79. The minimum atomic E-state index is -3.79. The first-order chi connectivity index (χ1) is 9.40. The molecular weight excluding hydrogens is 279 g/mol. The van der Waals surface area contributed by atoms with E-state index in [1.807, 2.05) is 30.3 Å². The molecule has 0 saturated heterocycles. The standard InChI is InChI=1S/C14H15FN2O2S/c1-10(11-5-3-2-4-6-11)17-20(18,19)12-7-8-14(16)13(15)9-12/h2-10,17H,16H2,1H3/t10-/m1/s1. The lowest BCUT2D eigenvalue weighted by molar-refractivity contribution is 0.564. The minimum Gasteiger partial charge on any atom is -0.396 e. The van der Waals surface area contributed by atoms with E-state index in [-0.39, 0.29) is 10.6 Å². The lowest BCUT2D eigenvalue weighted by atomic mass is 10.1. The monoisotopic (exact) mass is 294 g/mol. The molecule has 0 heterocycles. The van der Waals surface area contributed by atoms with Crippen molar-refractivity contribution in [1.82, 2.24) is 4.72 Å². The molecule has 0 saturated carbocycles. The Morgan fingerprint density at radius 3 is 2.40 bits per heavy atom. The van der Waals surface area contributed by atoms with Crippen LogP contribution >= 0.6 is 0 Å². The normalized spacial score (nSPS) is 13.1. The van der Waals surface area contributed by atoms with Crippen molar-refractivity contribution >= 4 is 15.7 Å². The van der Waals surface area contributed by atoms with Gasteiger partial charge < -0.3 is 5.73 Å². The smallest absolute Gasteiger partial charge is 0.241 e. The zero-order valence-electron chi connectivity index (χ0n) is 10.9. The summed E-state index contributed by atoms with van der Waals surface area (Å²) in [5.41, 5.74) is 6.08. The number of hydrogen-bond donors (Lipinski definition) is 2. The van der Waals surface area contributed by atoms with Gasteiger partial charge in [-0.2, -0.15) is 0 Å². The van der Waals surface area contributed by atoms with Gasteiger partial charge in [0.2, 0.25) is 10.0 Å². The van der Waals surface area contributed by atoms with E-state index in [0.717, 1.165) is 11.6 Å². The second-order valence-corrected chi connectivity index (χ2v) is 6.15. The van der Waals surface area contributed by atoms with Gasteiger partial charge in [-0.25, -0.2) is 17.5 Å². The fraction of sp³-hybridized carbons (Fsp3) is 0.143.